The molecule has 0 unspecified atom stereocenters. The van der Waals surface area contributed by atoms with Crippen molar-refractivity contribution in [1.29, 1.82) is 0 Å². The van der Waals surface area contributed by atoms with Crippen LogP contribution in [0.5, 0.6) is 23.0 Å². The van der Waals surface area contributed by atoms with E-state index in [1.54, 1.807) is 0 Å². The van der Waals surface area contributed by atoms with Crippen LogP contribution in [0.2, 0.25) is 0 Å². The lowest BCUT2D eigenvalue weighted by Gasteiger charge is -2.35. The second kappa shape index (κ2) is 16.8. The zero-order valence-electron chi connectivity index (χ0n) is 49.1. The molecular formula is C72H77BN2O2. The summed E-state index contributed by atoms with van der Waals surface area (Å²) in [6, 6.07) is 53.9. The summed E-state index contributed by atoms with van der Waals surface area (Å²) in [6.45, 7) is 41.5. The average Bonchev–Trinajstić information content (AvgIpc) is 3.90. The first kappa shape index (κ1) is 50.8. The molecule has 0 spiro atoms. The highest BCUT2D eigenvalue weighted by Gasteiger charge is 2.42. The molecule has 0 aliphatic carbocycles. The molecule has 2 aromatic heterocycles. The lowest BCUT2D eigenvalue weighted by atomic mass is 9.34. The Kier molecular flexibility index (Phi) is 11.1. The number of hydrogen-bond acceptors (Lipinski definition) is 2. The van der Waals surface area contributed by atoms with Crippen molar-refractivity contribution in [3.05, 3.63) is 173 Å². The van der Waals surface area contributed by atoms with Crippen LogP contribution in [0.15, 0.2) is 140 Å². The van der Waals surface area contributed by atoms with E-state index in [1.807, 2.05) is 0 Å². The van der Waals surface area contributed by atoms with Crippen molar-refractivity contribution in [2.45, 2.75) is 157 Å². The molecule has 0 fully saturated rings. The van der Waals surface area contributed by atoms with E-state index in [1.165, 1.54) is 87.9 Å². The largest absolute Gasteiger partial charge is 0.458 e. The molecule has 0 radical (unpaired) electrons. The Labute approximate surface area is 458 Å². The summed E-state index contributed by atoms with van der Waals surface area (Å²) in [7, 11) is 0. The van der Waals surface area contributed by atoms with Crippen molar-refractivity contribution in [1.82, 2.24) is 9.13 Å². The maximum atomic E-state index is 7.30. The number of nitrogens with zero attached hydrogens (tertiary/aromatic N) is 2. The summed E-state index contributed by atoms with van der Waals surface area (Å²) in [4.78, 5) is 0. The molecule has 2 aliphatic rings. The first-order valence-corrected chi connectivity index (χ1v) is 28.1. The first-order valence-electron chi connectivity index (χ1n) is 28.1. The van der Waals surface area contributed by atoms with E-state index >= 15 is 0 Å². The third-order valence-corrected chi connectivity index (χ3v) is 17.0. The Morgan fingerprint density at radius 3 is 0.896 bits per heavy atom. The van der Waals surface area contributed by atoms with Crippen molar-refractivity contribution in [2.24, 2.45) is 0 Å². The van der Waals surface area contributed by atoms with E-state index in [2.05, 4.69) is 273 Å². The van der Waals surface area contributed by atoms with Crippen LogP contribution in [0.3, 0.4) is 0 Å². The van der Waals surface area contributed by atoms with Crippen LogP contribution in [0.4, 0.5) is 0 Å². The van der Waals surface area contributed by atoms with Gasteiger partial charge in [0.1, 0.15) is 23.0 Å². The Balaban J connectivity index is 1.21. The highest BCUT2D eigenvalue weighted by Crippen LogP contribution is 2.48. The molecule has 0 saturated heterocycles. The van der Waals surface area contributed by atoms with E-state index in [9.17, 15) is 0 Å². The Morgan fingerprint density at radius 2 is 0.597 bits per heavy atom. The lowest BCUT2D eigenvalue weighted by molar-refractivity contribution is 0.464. The normalized spacial score (nSPS) is 14.0. The van der Waals surface area contributed by atoms with E-state index in [4.69, 9.17) is 9.47 Å². The van der Waals surface area contributed by atoms with Crippen molar-refractivity contribution < 1.29 is 9.47 Å². The average molecular weight is 1010 g/mol. The molecule has 0 atom stereocenters. The molecule has 2 aliphatic heterocycles. The number of rotatable bonds is 3. The summed E-state index contributed by atoms with van der Waals surface area (Å²) < 4.78 is 19.7. The van der Waals surface area contributed by atoms with Gasteiger partial charge in [0, 0.05) is 32.6 Å². The number of benzene rings is 8. The lowest BCUT2D eigenvalue weighted by Crippen LogP contribution is -2.57. The summed E-state index contributed by atoms with van der Waals surface area (Å²) in [6.07, 6.45) is 0. The van der Waals surface area contributed by atoms with Gasteiger partial charge in [0.2, 0.25) is 0 Å². The van der Waals surface area contributed by atoms with Gasteiger partial charge in [-0.3, -0.25) is 0 Å². The quantitative estimate of drug-likeness (QED) is 0.165. The monoisotopic (exact) mass is 1010 g/mol. The molecular weight excluding hydrogens is 936 g/mol. The SMILES string of the molecule is CC(C)(C)c1ccc2c(c1)B1c3cc(C(C)(C)C)ccc3Oc3cc(-c4c(-n5c6ccc(C(C)(C)C)cc6c6cc(C(C)(C)C)ccc65)cccc4-n4c5ccc(C(C)(C)C)cc5c5cc(C(C)(C)C)ccc54)cc(c31)O2. The van der Waals surface area contributed by atoms with Gasteiger partial charge in [-0.05, 0) is 167 Å². The smallest absolute Gasteiger partial charge is 0.260 e. The van der Waals surface area contributed by atoms with Gasteiger partial charge in [0.25, 0.3) is 6.71 Å². The Hall–Kier alpha value is -6.98. The van der Waals surface area contributed by atoms with Gasteiger partial charge >= 0.3 is 0 Å². The first-order chi connectivity index (χ1) is 35.9. The molecule has 77 heavy (non-hydrogen) atoms. The number of hydrogen-bond donors (Lipinski definition) is 0. The van der Waals surface area contributed by atoms with Crippen LogP contribution in [0, 0.1) is 0 Å². The third kappa shape index (κ3) is 8.32. The van der Waals surface area contributed by atoms with Crippen molar-refractivity contribution in [2.75, 3.05) is 0 Å². The van der Waals surface area contributed by atoms with Crippen molar-refractivity contribution in [3.8, 4) is 45.5 Å². The minimum Gasteiger partial charge on any atom is -0.458 e. The van der Waals surface area contributed by atoms with Crippen LogP contribution < -0.4 is 25.9 Å². The predicted molar refractivity (Wildman–Crippen MR) is 330 cm³/mol. The number of aromatic nitrogens is 2. The maximum absolute atomic E-state index is 7.30. The van der Waals surface area contributed by atoms with Gasteiger partial charge in [0.05, 0.1) is 33.4 Å². The summed E-state index contributed by atoms with van der Waals surface area (Å²) in [5.41, 5.74) is 20.0. The molecule has 0 bridgehead atoms. The molecule has 0 N–H and O–H groups in total. The second-order valence-electron chi connectivity index (χ2n) is 28.8. The highest BCUT2D eigenvalue weighted by atomic mass is 16.5. The van der Waals surface area contributed by atoms with Gasteiger partial charge in [-0.2, -0.15) is 0 Å². The van der Waals surface area contributed by atoms with Crippen LogP contribution >= 0.6 is 0 Å². The van der Waals surface area contributed by atoms with Crippen LogP contribution in [-0.2, 0) is 32.5 Å². The molecule has 8 aromatic carbocycles. The van der Waals surface area contributed by atoms with Crippen LogP contribution in [-0.4, -0.2) is 15.8 Å². The van der Waals surface area contributed by atoms with Crippen LogP contribution in [0.25, 0.3) is 66.1 Å². The fourth-order valence-corrected chi connectivity index (χ4v) is 12.2. The Bertz CT molecular complexity index is 3700. The molecule has 4 heterocycles. The summed E-state index contributed by atoms with van der Waals surface area (Å²) in [5.74, 6) is 3.42. The predicted octanol–water partition coefficient (Wildman–Crippen LogP) is 18.1. The van der Waals surface area contributed by atoms with Crippen molar-refractivity contribution in [3.63, 3.8) is 0 Å². The van der Waals surface area contributed by atoms with Gasteiger partial charge < -0.3 is 18.6 Å². The van der Waals surface area contributed by atoms with Crippen molar-refractivity contribution >= 4 is 66.7 Å². The number of fused-ring (bicyclic) bond motifs is 10. The maximum Gasteiger partial charge on any atom is 0.260 e. The fraction of sp³-hybridized carbons (Fsp3) is 0.333. The van der Waals surface area contributed by atoms with E-state index in [0.29, 0.717) is 0 Å². The highest BCUT2D eigenvalue weighted by molar-refractivity contribution is 6.98. The molecule has 390 valence electrons. The van der Waals surface area contributed by atoms with E-state index < -0.39 is 0 Å². The molecule has 0 amide bonds. The minimum absolute atomic E-state index is 0.0339. The zero-order chi connectivity index (χ0) is 54.8. The minimum atomic E-state index is -0.0846. The van der Waals surface area contributed by atoms with Crippen LogP contribution in [0.1, 0.15) is 158 Å². The van der Waals surface area contributed by atoms with Gasteiger partial charge in [-0.15, -0.1) is 0 Å². The van der Waals surface area contributed by atoms with E-state index in [-0.39, 0.29) is 39.2 Å². The Morgan fingerprint density at radius 1 is 0.312 bits per heavy atom. The zero-order valence-corrected chi connectivity index (χ0v) is 49.1. The molecule has 0 saturated carbocycles. The summed E-state index contributed by atoms with van der Waals surface area (Å²) >= 11 is 0. The van der Waals surface area contributed by atoms with Gasteiger partial charge in [0.15, 0.2) is 0 Å². The van der Waals surface area contributed by atoms with Gasteiger partial charge in [-0.25, -0.2) is 0 Å². The fourth-order valence-electron chi connectivity index (χ4n) is 12.2. The molecule has 10 aromatic rings. The van der Waals surface area contributed by atoms with Gasteiger partial charge in [-0.1, -0.05) is 179 Å². The topological polar surface area (TPSA) is 28.3 Å². The second-order valence-corrected chi connectivity index (χ2v) is 28.8. The molecule has 5 heteroatoms. The molecule has 12 rings (SSSR count). The van der Waals surface area contributed by atoms with E-state index in [0.717, 1.165) is 51.0 Å². The summed E-state index contributed by atoms with van der Waals surface area (Å²) in [5, 5.41) is 5.01. The third-order valence-electron chi connectivity index (χ3n) is 17.0. The number of ether oxygens (including phenoxy) is 2. The molecule has 4 nitrogen and oxygen atoms in total. The standard InChI is InChI=1S/C72H77BN2O2/c1-67(2,3)43-22-28-55-49(36-43)50-37-44(68(4,5)6)23-29-56(50)74(55)59-20-19-21-60(75-57-30-24-45(69(7,8)9)38-51(57)52-39-46(70(10,11)12)25-31-58(52)75)65(59)42-34-63-66-64(35-42)77-62-33-27-48(72(16,17)18)41-54(62)73(66)53-40-47(71(13,14)15)26-32-61(53)76-63/h19-41H,1-18H3.